The van der Waals surface area contributed by atoms with E-state index in [1.165, 1.54) is 18.4 Å². The molecule has 2 heterocycles. The second-order valence-electron chi connectivity index (χ2n) is 5.75. The molecule has 3 nitrogen and oxygen atoms in total. The monoisotopic (exact) mass is 215 g/mol. The smallest absolute Gasteiger partial charge is 0.154 e. The van der Waals surface area contributed by atoms with E-state index < -0.39 is 0 Å². The Hall–Kier alpha value is -1.38. The maximum absolute atomic E-state index is 4.58. The number of aromatic nitrogens is 3. The lowest BCUT2D eigenvalue weighted by atomic mass is 9.96. The van der Waals surface area contributed by atoms with E-state index in [2.05, 4.69) is 43.1 Å². The van der Waals surface area contributed by atoms with E-state index in [-0.39, 0.29) is 5.41 Å². The van der Waals surface area contributed by atoms with Gasteiger partial charge < -0.3 is 0 Å². The maximum atomic E-state index is 4.58. The highest BCUT2D eigenvalue weighted by molar-refractivity contribution is 5.49. The first kappa shape index (κ1) is 9.82. The lowest BCUT2D eigenvalue weighted by Gasteiger charge is -2.15. The van der Waals surface area contributed by atoms with Crippen molar-refractivity contribution in [1.29, 1.82) is 0 Å². The van der Waals surface area contributed by atoms with Crippen LogP contribution in [0.5, 0.6) is 0 Å². The number of fused-ring (bicyclic) bond motifs is 1. The molecule has 1 fully saturated rings. The fourth-order valence-corrected chi connectivity index (χ4v) is 1.91. The van der Waals surface area contributed by atoms with Crippen LogP contribution in [0.15, 0.2) is 18.5 Å². The van der Waals surface area contributed by atoms with Crippen LogP contribution in [-0.2, 0) is 5.41 Å². The Labute approximate surface area is 95.5 Å². The first-order valence-corrected chi connectivity index (χ1v) is 5.90. The van der Waals surface area contributed by atoms with Gasteiger partial charge >= 0.3 is 0 Å². The molecule has 0 radical (unpaired) electrons. The second-order valence-corrected chi connectivity index (χ2v) is 5.75. The Morgan fingerprint density at radius 2 is 2.06 bits per heavy atom. The van der Waals surface area contributed by atoms with Gasteiger partial charge in [-0.05, 0) is 30.4 Å². The summed E-state index contributed by atoms with van der Waals surface area (Å²) in [5.41, 5.74) is 2.54. The first-order valence-electron chi connectivity index (χ1n) is 5.90. The molecule has 0 saturated heterocycles. The normalized spacial score (nSPS) is 16.9. The van der Waals surface area contributed by atoms with Gasteiger partial charge in [0.2, 0.25) is 0 Å². The molecule has 0 N–H and O–H groups in total. The predicted molar refractivity (Wildman–Crippen MR) is 63.7 cm³/mol. The van der Waals surface area contributed by atoms with E-state index in [9.17, 15) is 0 Å². The molecular formula is C13H17N3. The molecule has 0 aliphatic heterocycles. The SMILES string of the molecule is CC(C)(C)c1ncc2cc(C3CC3)cn2n1. The van der Waals surface area contributed by atoms with Crippen molar-refractivity contribution in [3.63, 3.8) is 0 Å². The molecule has 2 aromatic rings. The summed E-state index contributed by atoms with van der Waals surface area (Å²) in [5.74, 6) is 1.68. The summed E-state index contributed by atoms with van der Waals surface area (Å²) in [5, 5.41) is 4.58. The van der Waals surface area contributed by atoms with Crippen LogP contribution < -0.4 is 0 Å². The van der Waals surface area contributed by atoms with Gasteiger partial charge in [-0.25, -0.2) is 9.50 Å². The molecule has 3 rings (SSSR count). The van der Waals surface area contributed by atoms with Gasteiger partial charge in [0.25, 0.3) is 0 Å². The molecule has 1 aliphatic carbocycles. The molecule has 0 amide bonds. The molecule has 0 spiro atoms. The third-order valence-electron chi connectivity index (χ3n) is 3.09. The Morgan fingerprint density at radius 3 is 2.69 bits per heavy atom. The molecule has 0 aromatic carbocycles. The summed E-state index contributed by atoms with van der Waals surface area (Å²) >= 11 is 0. The molecule has 84 valence electrons. The van der Waals surface area contributed by atoms with Crippen molar-refractivity contribution in [3.8, 4) is 0 Å². The van der Waals surface area contributed by atoms with Gasteiger partial charge in [-0.1, -0.05) is 20.8 Å². The minimum Gasteiger partial charge on any atom is -0.237 e. The summed E-state index contributed by atoms with van der Waals surface area (Å²) in [6, 6.07) is 2.21. The van der Waals surface area contributed by atoms with E-state index in [1.54, 1.807) is 0 Å². The van der Waals surface area contributed by atoms with Gasteiger partial charge in [-0.15, -0.1) is 0 Å². The van der Waals surface area contributed by atoms with E-state index in [0.717, 1.165) is 17.3 Å². The Morgan fingerprint density at radius 1 is 1.31 bits per heavy atom. The van der Waals surface area contributed by atoms with Crippen molar-refractivity contribution in [2.45, 2.75) is 44.9 Å². The van der Waals surface area contributed by atoms with Gasteiger partial charge in [0.15, 0.2) is 5.82 Å². The quantitative estimate of drug-likeness (QED) is 0.732. The molecule has 0 atom stereocenters. The van der Waals surface area contributed by atoms with Crippen LogP contribution in [0.1, 0.15) is 50.9 Å². The van der Waals surface area contributed by atoms with Gasteiger partial charge in [-0.3, -0.25) is 0 Å². The molecule has 3 heteroatoms. The third-order valence-corrected chi connectivity index (χ3v) is 3.09. The van der Waals surface area contributed by atoms with Crippen molar-refractivity contribution in [3.05, 3.63) is 29.8 Å². The number of hydrogen-bond donors (Lipinski definition) is 0. The van der Waals surface area contributed by atoms with Crippen molar-refractivity contribution >= 4 is 5.52 Å². The zero-order chi connectivity index (χ0) is 11.3. The summed E-state index contributed by atoms with van der Waals surface area (Å²) < 4.78 is 1.97. The summed E-state index contributed by atoms with van der Waals surface area (Å²) in [6.45, 7) is 6.42. The molecule has 0 unspecified atom stereocenters. The summed E-state index contributed by atoms with van der Waals surface area (Å²) in [6.07, 6.45) is 6.75. The van der Waals surface area contributed by atoms with E-state index >= 15 is 0 Å². The zero-order valence-electron chi connectivity index (χ0n) is 10.1. The molecule has 16 heavy (non-hydrogen) atoms. The van der Waals surface area contributed by atoms with Crippen LogP contribution >= 0.6 is 0 Å². The van der Waals surface area contributed by atoms with Crippen LogP contribution in [0.2, 0.25) is 0 Å². The first-order chi connectivity index (χ1) is 7.54. The van der Waals surface area contributed by atoms with Gasteiger partial charge in [0, 0.05) is 11.6 Å². The minimum absolute atomic E-state index is 0.0121. The van der Waals surface area contributed by atoms with E-state index in [1.807, 2.05) is 10.7 Å². The van der Waals surface area contributed by atoms with E-state index in [4.69, 9.17) is 0 Å². The summed E-state index contributed by atoms with van der Waals surface area (Å²) in [7, 11) is 0. The third kappa shape index (κ3) is 1.60. The average molecular weight is 215 g/mol. The highest BCUT2D eigenvalue weighted by Crippen LogP contribution is 2.40. The molecule has 1 saturated carbocycles. The van der Waals surface area contributed by atoms with Crippen LogP contribution in [0.4, 0.5) is 0 Å². The molecular weight excluding hydrogens is 198 g/mol. The van der Waals surface area contributed by atoms with E-state index in [0.29, 0.717) is 0 Å². The molecule has 1 aliphatic rings. The number of hydrogen-bond acceptors (Lipinski definition) is 2. The van der Waals surface area contributed by atoms with Crippen molar-refractivity contribution in [2.75, 3.05) is 0 Å². The topological polar surface area (TPSA) is 30.2 Å². The van der Waals surface area contributed by atoms with Crippen molar-refractivity contribution in [2.24, 2.45) is 0 Å². The van der Waals surface area contributed by atoms with Crippen LogP contribution in [0.25, 0.3) is 5.52 Å². The standard InChI is InChI=1S/C13H17N3/c1-13(2,3)12-14-7-11-6-10(9-4-5-9)8-16(11)15-12/h6-9H,4-5H2,1-3H3. The highest BCUT2D eigenvalue weighted by Gasteiger charge is 2.25. The van der Waals surface area contributed by atoms with Gasteiger partial charge in [0.05, 0.1) is 11.7 Å². The molecule has 2 aromatic heterocycles. The maximum Gasteiger partial charge on any atom is 0.154 e. The predicted octanol–water partition coefficient (Wildman–Crippen LogP) is 2.90. The van der Waals surface area contributed by atoms with Crippen LogP contribution in [0, 0.1) is 0 Å². The van der Waals surface area contributed by atoms with Crippen LogP contribution in [-0.4, -0.2) is 14.6 Å². The second kappa shape index (κ2) is 3.06. The zero-order valence-corrected chi connectivity index (χ0v) is 10.1. The highest BCUT2D eigenvalue weighted by atomic mass is 15.2. The minimum atomic E-state index is 0.0121. The van der Waals surface area contributed by atoms with Crippen molar-refractivity contribution in [1.82, 2.24) is 14.6 Å². The van der Waals surface area contributed by atoms with Gasteiger partial charge in [-0.2, -0.15) is 5.10 Å². The summed E-state index contributed by atoms with van der Waals surface area (Å²) in [4.78, 5) is 4.44. The van der Waals surface area contributed by atoms with Crippen molar-refractivity contribution < 1.29 is 0 Å². The number of rotatable bonds is 1. The average Bonchev–Trinajstić information content (AvgIpc) is 2.96. The Bertz CT molecular complexity index is 530. The fourth-order valence-electron chi connectivity index (χ4n) is 1.91. The lowest BCUT2D eigenvalue weighted by Crippen LogP contribution is -2.17. The Kier molecular flexibility index (Phi) is 1.88. The Balaban J connectivity index is 2.10. The van der Waals surface area contributed by atoms with Crippen LogP contribution in [0.3, 0.4) is 0 Å². The largest absolute Gasteiger partial charge is 0.237 e. The fraction of sp³-hybridized carbons (Fsp3) is 0.538. The van der Waals surface area contributed by atoms with Gasteiger partial charge in [0.1, 0.15) is 0 Å². The number of nitrogens with zero attached hydrogens (tertiary/aromatic N) is 3. The lowest BCUT2D eigenvalue weighted by molar-refractivity contribution is 0.529. The molecule has 0 bridgehead atoms.